The van der Waals surface area contributed by atoms with E-state index in [0.717, 1.165) is 12.7 Å². The summed E-state index contributed by atoms with van der Waals surface area (Å²) in [6.45, 7) is 1.91. The van der Waals surface area contributed by atoms with Crippen molar-refractivity contribution in [2.75, 3.05) is 0 Å². The number of carbonyl (C=O) groups excluding carboxylic acids is 1. The van der Waals surface area contributed by atoms with Crippen LogP contribution in [-0.4, -0.2) is 6.29 Å². The molecule has 0 N–H and O–H groups in total. The number of aldehydes is 1. The van der Waals surface area contributed by atoms with E-state index in [-0.39, 0.29) is 0 Å². The van der Waals surface area contributed by atoms with Crippen molar-refractivity contribution in [3.8, 4) is 0 Å². The minimum absolute atomic E-state index is 0.611. The molecular formula is C9H12O. The molecule has 0 amide bonds. The number of hydrogen-bond donors (Lipinski definition) is 0. The van der Waals surface area contributed by atoms with Crippen LogP contribution in [0.4, 0.5) is 0 Å². The number of unbranched alkanes of at least 4 members (excludes halogenated alkanes) is 1. The summed E-state index contributed by atoms with van der Waals surface area (Å²) in [7, 11) is 0. The molecule has 0 atom stereocenters. The third-order valence-corrected chi connectivity index (χ3v) is 0.946. The molecule has 0 aliphatic carbocycles. The van der Waals surface area contributed by atoms with Crippen LogP contribution < -0.4 is 0 Å². The molecule has 0 rings (SSSR count). The van der Waals surface area contributed by atoms with E-state index in [9.17, 15) is 4.79 Å². The Balaban J connectivity index is 3.37. The highest BCUT2D eigenvalue weighted by Crippen LogP contribution is 1.86. The van der Waals surface area contributed by atoms with Gasteiger partial charge in [0.15, 0.2) is 0 Å². The second kappa shape index (κ2) is 7.93. The summed E-state index contributed by atoms with van der Waals surface area (Å²) in [4.78, 5) is 9.83. The molecule has 0 aromatic rings. The Bertz CT molecular complexity index is 160. The van der Waals surface area contributed by atoms with E-state index in [1.807, 2.05) is 31.2 Å². The molecule has 0 aliphatic rings. The molecule has 0 aliphatic heterocycles. The number of rotatable bonds is 4. The lowest BCUT2D eigenvalue weighted by Crippen LogP contribution is -1.68. The van der Waals surface area contributed by atoms with Crippen LogP contribution in [0.2, 0.25) is 0 Å². The molecule has 0 unspecified atom stereocenters. The first-order valence-corrected chi connectivity index (χ1v) is 3.37. The summed E-state index contributed by atoms with van der Waals surface area (Å²) in [5.74, 6) is 0. The molecule has 0 aromatic carbocycles. The van der Waals surface area contributed by atoms with Gasteiger partial charge in [0.05, 0.1) is 0 Å². The Morgan fingerprint density at radius 1 is 1.40 bits per heavy atom. The highest BCUT2D eigenvalue weighted by Gasteiger charge is 1.73. The fraction of sp³-hybridized carbons (Fsp3) is 0.333. The molecule has 0 heterocycles. The predicted molar refractivity (Wildman–Crippen MR) is 42.8 cm³/mol. The fourth-order valence-electron chi connectivity index (χ4n) is 0.480. The van der Waals surface area contributed by atoms with Crippen LogP contribution in [0.3, 0.4) is 0 Å². The molecule has 0 saturated heterocycles. The van der Waals surface area contributed by atoms with Crippen molar-refractivity contribution in [3.05, 3.63) is 30.0 Å². The Morgan fingerprint density at radius 3 is 2.80 bits per heavy atom. The first kappa shape index (κ1) is 8.93. The van der Waals surface area contributed by atoms with Crippen LogP contribution in [-0.2, 0) is 4.79 Å². The average molecular weight is 136 g/mol. The average Bonchev–Trinajstić information content (AvgIpc) is 1.97. The molecule has 0 saturated carbocycles. The maximum Gasteiger partial charge on any atom is 0.120 e. The van der Waals surface area contributed by atoms with Crippen molar-refractivity contribution in [1.29, 1.82) is 0 Å². The van der Waals surface area contributed by atoms with Gasteiger partial charge >= 0.3 is 0 Å². The second-order valence-electron chi connectivity index (χ2n) is 1.79. The van der Waals surface area contributed by atoms with E-state index in [2.05, 4.69) is 5.73 Å². The Labute approximate surface area is 61.8 Å². The van der Waals surface area contributed by atoms with E-state index in [1.165, 1.54) is 0 Å². The topological polar surface area (TPSA) is 17.1 Å². The normalized spacial score (nSPS) is 8.90. The van der Waals surface area contributed by atoms with Gasteiger partial charge in [0.1, 0.15) is 6.29 Å². The molecule has 1 nitrogen and oxygen atoms in total. The zero-order chi connectivity index (χ0) is 7.66. The molecule has 1 heteroatoms. The van der Waals surface area contributed by atoms with Crippen LogP contribution in [0.5, 0.6) is 0 Å². The summed E-state index contributed by atoms with van der Waals surface area (Å²) in [6.07, 6.45) is 9.86. The smallest absolute Gasteiger partial charge is 0.120 e. The van der Waals surface area contributed by atoms with Crippen LogP contribution in [0.1, 0.15) is 19.8 Å². The first-order valence-electron chi connectivity index (χ1n) is 3.37. The van der Waals surface area contributed by atoms with Gasteiger partial charge in [0.2, 0.25) is 0 Å². The van der Waals surface area contributed by atoms with Crippen LogP contribution >= 0.6 is 0 Å². The summed E-state index contributed by atoms with van der Waals surface area (Å²) in [5, 5.41) is 0. The SMILES string of the molecule is CC=C=C/C=C/CCC=O. The van der Waals surface area contributed by atoms with Gasteiger partial charge in [-0.05, 0) is 25.5 Å². The molecule has 0 bridgehead atoms. The van der Waals surface area contributed by atoms with Crippen molar-refractivity contribution in [3.63, 3.8) is 0 Å². The fourth-order valence-corrected chi connectivity index (χ4v) is 0.480. The van der Waals surface area contributed by atoms with Gasteiger partial charge in [-0.2, -0.15) is 0 Å². The van der Waals surface area contributed by atoms with Gasteiger partial charge in [-0.15, -0.1) is 5.73 Å². The quantitative estimate of drug-likeness (QED) is 0.251. The standard InChI is InChI=1S/C9H12O/c1-2-3-4-5-6-7-8-9-10/h2,4-6,9H,7-8H2,1H3/b6-5+. The highest BCUT2D eigenvalue weighted by molar-refractivity contribution is 5.49. The largest absolute Gasteiger partial charge is 0.303 e. The summed E-state index contributed by atoms with van der Waals surface area (Å²) in [5.41, 5.74) is 2.90. The van der Waals surface area contributed by atoms with Crippen molar-refractivity contribution in [2.45, 2.75) is 19.8 Å². The number of hydrogen-bond acceptors (Lipinski definition) is 1. The van der Waals surface area contributed by atoms with Crippen LogP contribution in [0.15, 0.2) is 30.0 Å². The molecule has 10 heavy (non-hydrogen) atoms. The van der Waals surface area contributed by atoms with E-state index in [4.69, 9.17) is 0 Å². The lowest BCUT2D eigenvalue weighted by Gasteiger charge is -1.77. The summed E-state index contributed by atoms with van der Waals surface area (Å²) < 4.78 is 0. The zero-order valence-electron chi connectivity index (χ0n) is 6.21. The van der Waals surface area contributed by atoms with Crippen molar-refractivity contribution in [2.24, 2.45) is 0 Å². The zero-order valence-corrected chi connectivity index (χ0v) is 6.21. The van der Waals surface area contributed by atoms with E-state index in [0.29, 0.717) is 6.42 Å². The molecule has 0 radical (unpaired) electrons. The van der Waals surface area contributed by atoms with Gasteiger partial charge in [0, 0.05) is 6.42 Å². The lowest BCUT2D eigenvalue weighted by atomic mass is 10.3. The number of carbonyl (C=O) groups is 1. The molecule has 0 aromatic heterocycles. The lowest BCUT2D eigenvalue weighted by molar-refractivity contribution is -0.107. The highest BCUT2D eigenvalue weighted by atomic mass is 16.1. The molecule has 0 spiro atoms. The van der Waals surface area contributed by atoms with Crippen molar-refractivity contribution in [1.82, 2.24) is 0 Å². The Kier molecular flexibility index (Phi) is 7.08. The molecule has 54 valence electrons. The van der Waals surface area contributed by atoms with Crippen LogP contribution in [0.25, 0.3) is 0 Å². The Hall–Kier alpha value is -1.07. The third-order valence-electron chi connectivity index (χ3n) is 0.946. The molecule has 0 fully saturated rings. The van der Waals surface area contributed by atoms with Gasteiger partial charge < -0.3 is 4.79 Å². The van der Waals surface area contributed by atoms with E-state index in [1.54, 1.807) is 0 Å². The van der Waals surface area contributed by atoms with Gasteiger partial charge in [-0.1, -0.05) is 12.2 Å². The van der Waals surface area contributed by atoms with E-state index < -0.39 is 0 Å². The maximum atomic E-state index is 9.83. The van der Waals surface area contributed by atoms with Gasteiger partial charge in [-0.25, -0.2) is 0 Å². The summed E-state index contributed by atoms with van der Waals surface area (Å²) in [6, 6.07) is 0. The third kappa shape index (κ3) is 6.93. The Morgan fingerprint density at radius 2 is 2.20 bits per heavy atom. The number of allylic oxidation sites excluding steroid dienone is 3. The minimum atomic E-state index is 0.611. The van der Waals surface area contributed by atoms with Crippen molar-refractivity contribution < 1.29 is 4.79 Å². The monoisotopic (exact) mass is 136 g/mol. The van der Waals surface area contributed by atoms with Crippen LogP contribution in [0, 0.1) is 0 Å². The second-order valence-corrected chi connectivity index (χ2v) is 1.79. The van der Waals surface area contributed by atoms with Crippen molar-refractivity contribution >= 4 is 6.29 Å². The predicted octanol–water partition coefficient (Wildman–Crippen LogP) is 2.25. The summed E-state index contributed by atoms with van der Waals surface area (Å²) >= 11 is 0. The van der Waals surface area contributed by atoms with Gasteiger partial charge in [0.25, 0.3) is 0 Å². The van der Waals surface area contributed by atoms with E-state index >= 15 is 0 Å². The van der Waals surface area contributed by atoms with Gasteiger partial charge in [-0.3, -0.25) is 0 Å². The minimum Gasteiger partial charge on any atom is -0.303 e. The first-order chi connectivity index (χ1) is 4.91. The molecular weight excluding hydrogens is 124 g/mol. The maximum absolute atomic E-state index is 9.83.